The summed E-state index contributed by atoms with van der Waals surface area (Å²) in [6.07, 6.45) is 4.16. The predicted molar refractivity (Wildman–Crippen MR) is 91.5 cm³/mol. The second kappa shape index (κ2) is 8.55. The minimum Gasteiger partial charge on any atom is -0.467 e. The van der Waals surface area contributed by atoms with Crippen molar-refractivity contribution < 1.29 is 19.1 Å². The largest absolute Gasteiger partial charge is 0.467 e. The van der Waals surface area contributed by atoms with Crippen LogP contribution in [-0.2, 0) is 14.3 Å². The van der Waals surface area contributed by atoms with Crippen molar-refractivity contribution in [3.63, 3.8) is 0 Å². The van der Waals surface area contributed by atoms with Crippen LogP contribution in [0.5, 0.6) is 0 Å². The number of hydrogen-bond donors (Lipinski definition) is 2. The maximum atomic E-state index is 12.7. The molecule has 0 aliphatic heterocycles. The van der Waals surface area contributed by atoms with Crippen LogP contribution in [0.15, 0.2) is 18.6 Å². The van der Waals surface area contributed by atoms with E-state index in [4.69, 9.17) is 4.74 Å². The summed E-state index contributed by atoms with van der Waals surface area (Å²) >= 11 is 0. The van der Waals surface area contributed by atoms with E-state index in [2.05, 4.69) is 20.6 Å². The zero-order valence-corrected chi connectivity index (χ0v) is 15.5. The molecular formula is C17H26N4O4. The number of ether oxygens (including phenoxy) is 1. The standard InChI is InChI=1S/C17H26N4O4/c1-10(2)12(20-14(22)11-9-18-7-8-19-11)15(23)21-13(16(24)25-6)17(3,4)5/h7-10,12-13H,1-6H3,(H,20,22)(H,21,23)/t12-,13+/m0/s1. The summed E-state index contributed by atoms with van der Waals surface area (Å²) < 4.78 is 4.77. The summed E-state index contributed by atoms with van der Waals surface area (Å²) in [4.78, 5) is 44.6. The average Bonchev–Trinajstić information content (AvgIpc) is 2.55. The molecule has 0 aliphatic rings. The van der Waals surface area contributed by atoms with Crippen molar-refractivity contribution in [1.82, 2.24) is 20.6 Å². The van der Waals surface area contributed by atoms with E-state index in [0.717, 1.165) is 0 Å². The van der Waals surface area contributed by atoms with Crippen LogP contribution in [0.1, 0.15) is 45.1 Å². The summed E-state index contributed by atoms with van der Waals surface area (Å²) in [6.45, 7) is 9.04. The van der Waals surface area contributed by atoms with Gasteiger partial charge in [-0.2, -0.15) is 0 Å². The molecule has 138 valence electrons. The highest BCUT2D eigenvalue weighted by Gasteiger charge is 2.36. The number of amides is 2. The van der Waals surface area contributed by atoms with Crippen LogP contribution in [0.3, 0.4) is 0 Å². The molecule has 0 saturated heterocycles. The van der Waals surface area contributed by atoms with Gasteiger partial charge in [0.15, 0.2) is 0 Å². The zero-order chi connectivity index (χ0) is 19.2. The maximum Gasteiger partial charge on any atom is 0.328 e. The molecule has 0 aliphatic carbocycles. The summed E-state index contributed by atoms with van der Waals surface area (Å²) in [5.74, 6) is -1.70. The van der Waals surface area contributed by atoms with Gasteiger partial charge in [0.05, 0.1) is 13.3 Å². The fourth-order valence-electron chi connectivity index (χ4n) is 2.15. The molecule has 1 aromatic heterocycles. The molecule has 0 aromatic carbocycles. The van der Waals surface area contributed by atoms with E-state index in [-0.39, 0.29) is 11.6 Å². The van der Waals surface area contributed by atoms with Crippen molar-refractivity contribution >= 4 is 17.8 Å². The molecule has 1 aromatic rings. The topological polar surface area (TPSA) is 110 Å². The molecule has 0 fully saturated rings. The van der Waals surface area contributed by atoms with Crippen LogP contribution in [0.2, 0.25) is 0 Å². The van der Waals surface area contributed by atoms with E-state index in [9.17, 15) is 14.4 Å². The van der Waals surface area contributed by atoms with Crippen LogP contribution in [-0.4, -0.2) is 46.9 Å². The van der Waals surface area contributed by atoms with Crippen molar-refractivity contribution in [2.75, 3.05) is 7.11 Å². The third-order valence-corrected chi connectivity index (χ3v) is 3.62. The molecule has 8 heteroatoms. The van der Waals surface area contributed by atoms with Gasteiger partial charge in [-0.05, 0) is 11.3 Å². The fraction of sp³-hybridized carbons (Fsp3) is 0.588. The lowest BCUT2D eigenvalue weighted by molar-refractivity contribution is -0.148. The Morgan fingerprint density at radius 2 is 1.76 bits per heavy atom. The Bertz CT molecular complexity index is 611. The molecule has 0 spiro atoms. The van der Waals surface area contributed by atoms with Crippen LogP contribution < -0.4 is 10.6 Å². The molecule has 1 rings (SSSR count). The van der Waals surface area contributed by atoms with E-state index in [1.165, 1.54) is 25.7 Å². The van der Waals surface area contributed by atoms with Crippen molar-refractivity contribution in [2.45, 2.75) is 46.7 Å². The first-order chi connectivity index (χ1) is 11.6. The Hall–Kier alpha value is -2.51. The maximum absolute atomic E-state index is 12.7. The third kappa shape index (κ3) is 5.81. The van der Waals surface area contributed by atoms with Crippen LogP contribution >= 0.6 is 0 Å². The number of carbonyl (C=O) groups is 3. The number of hydrogen-bond acceptors (Lipinski definition) is 6. The van der Waals surface area contributed by atoms with Gasteiger partial charge in [0.2, 0.25) is 5.91 Å². The van der Waals surface area contributed by atoms with Gasteiger partial charge in [0.1, 0.15) is 17.8 Å². The molecule has 2 amide bonds. The number of nitrogens with zero attached hydrogens (tertiary/aromatic N) is 2. The van der Waals surface area contributed by atoms with Crippen molar-refractivity contribution in [3.8, 4) is 0 Å². The SMILES string of the molecule is COC(=O)[C@@H](NC(=O)[C@@H](NC(=O)c1cnccn1)C(C)C)C(C)(C)C. The van der Waals surface area contributed by atoms with E-state index >= 15 is 0 Å². The van der Waals surface area contributed by atoms with Crippen molar-refractivity contribution in [2.24, 2.45) is 11.3 Å². The van der Waals surface area contributed by atoms with Crippen LogP contribution in [0.25, 0.3) is 0 Å². The molecule has 2 atom stereocenters. The average molecular weight is 350 g/mol. The van der Waals surface area contributed by atoms with Gasteiger partial charge in [-0.1, -0.05) is 34.6 Å². The first-order valence-corrected chi connectivity index (χ1v) is 8.03. The highest BCUT2D eigenvalue weighted by molar-refractivity contribution is 5.96. The van der Waals surface area contributed by atoms with Crippen LogP contribution in [0, 0.1) is 11.3 Å². The van der Waals surface area contributed by atoms with E-state index in [0.29, 0.717) is 0 Å². The lowest BCUT2D eigenvalue weighted by Gasteiger charge is -2.31. The van der Waals surface area contributed by atoms with E-state index < -0.39 is 35.3 Å². The molecule has 2 N–H and O–H groups in total. The first kappa shape index (κ1) is 20.5. The number of nitrogens with one attached hydrogen (secondary N) is 2. The van der Waals surface area contributed by atoms with Gasteiger partial charge in [-0.3, -0.25) is 14.6 Å². The van der Waals surface area contributed by atoms with Gasteiger partial charge >= 0.3 is 5.97 Å². The molecule has 0 unspecified atom stereocenters. The number of rotatable bonds is 6. The molecule has 0 bridgehead atoms. The number of aromatic nitrogens is 2. The Morgan fingerprint density at radius 3 is 2.20 bits per heavy atom. The Morgan fingerprint density at radius 1 is 1.12 bits per heavy atom. The molecule has 25 heavy (non-hydrogen) atoms. The minimum atomic E-state index is -0.834. The molecule has 0 radical (unpaired) electrons. The second-order valence-electron chi connectivity index (χ2n) is 7.12. The zero-order valence-electron chi connectivity index (χ0n) is 15.5. The molecule has 8 nitrogen and oxygen atoms in total. The smallest absolute Gasteiger partial charge is 0.328 e. The summed E-state index contributed by atoms with van der Waals surface area (Å²) in [7, 11) is 1.27. The van der Waals surface area contributed by atoms with Crippen molar-refractivity contribution in [1.29, 1.82) is 0 Å². The normalized spacial score (nSPS) is 13.7. The number of esters is 1. The van der Waals surface area contributed by atoms with E-state index in [1.54, 1.807) is 13.8 Å². The van der Waals surface area contributed by atoms with E-state index in [1.807, 2.05) is 20.8 Å². The fourth-order valence-corrected chi connectivity index (χ4v) is 2.15. The molecule has 1 heterocycles. The summed E-state index contributed by atoms with van der Waals surface area (Å²) in [5.41, 5.74) is -0.430. The van der Waals surface area contributed by atoms with Gasteiger partial charge in [-0.25, -0.2) is 9.78 Å². The van der Waals surface area contributed by atoms with Crippen LogP contribution in [0.4, 0.5) is 0 Å². The lowest BCUT2D eigenvalue weighted by atomic mass is 9.86. The highest BCUT2D eigenvalue weighted by Crippen LogP contribution is 2.20. The number of methoxy groups -OCH3 is 1. The quantitative estimate of drug-likeness (QED) is 0.739. The van der Waals surface area contributed by atoms with Gasteiger partial charge in [0, 0.05) is 12.4 Å². The number of carbonyl (C=O) groups excluding carboxylic acids is 3. The summed E-state index contributed by atoms with van der Waals surface area (Å²) in [5, 5.41) is 5.32. The molecule has 0 saturated carbocycles. The van der Waals surface area contributed by atoms with Gasteiger partial charge in [0.25, 0.3) is 5.91 Å². The van der Waals surface area contributed by atoms with Gasteiger partial charge in [-0.15, -0.1) is 0 Å². The molecular weight excluding hydrogens is 324 g/mol. The highest BCUT2D eigenvalue weighted by atomic mass is 16.5. The monoisotopic (exact) mass is 350 g/mol. The Labute approximate surface area is 147 Å². The first-order valence-electron chi connectivity index (χ1n) is 8.03. The second-order valence-corrected chi connectivity index (χ2v) is 7.12. The Kier molecular flexibility index (Phi) is 7.02. The van der Waals surface area contributed by atoms with Gasteiger partial charge < -0.3 is 15.4 Å². The summed E-state index contributed by atoms with van der Waals surface area (Å²) in [6, 6.07) is -1.66. The predicted octanol–water partition coefficient (Wildman–Crippen LogP) is 0.935. The van der Waals surface area contributed by atoms with Crippen molar-refractivity contribution in [3.05, 3.63) is 24.3 Å². The third-order valence-electron chi connectivity index (χ3n) is 3.62. The minimum absolute atomic E-state index is 0.112. The Balaban J connectivity index is 2.92. The lowest BCUT2D eigenvalue weighted by Crippen LogP contribution is -2.57.